The first-order valence-electron chi connectivity index (χ1n) is 5.35. The fraction of sp³-hybridized carbons (Fsp3) is 0.500. The molecule has 1 fully saturated rings. The Kier molecular flexibility index (Phi) is 3.49. The van der Waals surface area contributed by atoms with Gasteiger partial charge < -0.3 is 10.1 Å². The maximum Gasteiger partial charge on any atom is 0.137 e. The Morgan fingerprint density at radius 1 is 1.47 bits per heavy atom. The Labute approximate surface area is 95.6 Å². The van der Waals surface area contributed by atoms with Crippen molar-refractivity contribution in [3.63, 3.8) is 0 Å². The topological polar surface area (TPSA) is 21.3 Å². The van der Waals surface area contributed by atoms with Gasteiger partial charge in [0, 0.05) is 6.54 Å². The van der Waals surface area contributed by atoms with Crippen LogP contribution < -0.4 is 10.1 Å². The number of hydrogen-bond donors (Lipinski definition) is 1. The lowest BCUT2D eigenvalue weighted by molar-refractivity contribution is 0.414. The van der Waals surface area contributed by atoms with E-state index in [9.17, 15) is 0 Å². The summed E-state index contributed by atoms with van der Waals surface area (Å²) in [5.41, 5.74) is 1.31. The molecule has 1 heterocycles. The lowest BCUT2D eigenvalue weighted by Gasteiger charge is -2.23. The van der Waals surface area contributed by atoms with Crippen molar-refractivity contribution in [2.75, 3.05) is 20.2 Å². The summed E-state index contributed by atoms with van der Waals surface area (Å²) < 4.78 is 5.14. The van der Waals surface area contributed by atoms with E-state index in [0.717, 1.165) is 18.8 Å². The summed E-state index contributed by atoms with van der Waals surface area (Å²) in [4.78, 5) is 0. The van der Waals surface area contributed by atoms with Gasteiger partial charge in [-0.3, -0.25) is 0 Å². The molecule has 0 radical (unpaired) electrons. The minimum absolute atomic E-state index is 0.599. The first kappa shape index (κ1) is 10.8. The van der Waals surface area contributed by atoms with Crippen molar-refractivity contribution in [3.8, 4) is 5.75 Å². The largest absolute Gasteiger partial charge is 0.495 e. The van der Waals surface area contributed by atoms with Gasteiger partial charge in [0.05, 0.1) is 12.1 Å². The summed E-state index contributed by atoms with van der Waals surface area (Å²) in [6.45, 7) is 2.20. The van der Waals surface area contributed by atoms with Gasteiger partial charge in [-0.05, 0) is 43.0 Å². The molecule has 2 rings (SSSR count). The van der Waals surface area contributed by atoms with E-state index < -0.39 is 0 Å². The Bertz CT molecular complexity index is 334. The molecule has 0 aromatic heterocycles. The summed E-state index contributed by atoms with van der Waals surface area (Å²) in [5, 5.41) is 4.12. The summed E-state index contributed by atoms with van der Waals surface area (Å²) in [6, 6.07) is 6.09. The number of halogens is 1. The first-order chi connectivity index (χ1) is 7.31. The van der Waals surface area contributed by atoms with E-state index in [1.54, 1.807) is 7.11 Å². The number of nitrogens with one attached hydrogen (secondary N) is 1. The van der Waals surface area contributed by atoms with Gasteiger partial charge in [-0.2, -0.15) is 0 Å². The lowest BCUT2D eigenvalue weighted by atomic mass is 9.92. The maximum atomic E-state index is 6.10. The number of methoxy groups -OCH3 is 1. The zero-order valence-corrected chi connectivity index (χ0v) is 9.68. The van der Waals surface area contributed by atoms with Crippen LogP contribution >= 0.6 is 11.6 Å². The van der Waals surface area contributed by atoms with E-state index in [4.69, 9.17) is 16.3 Å². The zero-order valence-electron chi connectivity index (χ0n) is 8.92. The third-order valence-corrected chi connectivity index (χ3v) is 3.24. The number of piperidine rings is 1. The van der Waals surface area contributed by atoms with Gasteiger partial charge in [-0.25, -0.2) is 0 Å². The van der Waals surface area contributed by atoms with E-state index in [1.165, 1.54) is 18.4 Å². The fourth-order valence-electron chi connectivity index (χ4n) is 2.07. The van der Waals surface area contributed by atoms with Crippen LogP contribution in [-0.4, -0.2) is 20.2 Å². The van der Waals surface area contributed by atoms with E-state index in [2.05, 4.69) is 11.4 Å². The highest BCUT2D eigenvalue weighted by Crippen LogP contribution is 2.30. The van der Waals surface area contributed by atoms with Crippen LogP contribution in [0.5, 0.6) is 5.75 Å². The van der Waals surface area contributed by atoms with E-state index in [0.29, 0.717) is 10.9 Å². The van der Waals surface area contributed by atoms with Gasteiger partial charge in [0.1, 0.15) is 5.75 Å². The molecule has 0 aliphatic carbocycles. The summed E-state index contributed by atoms with van der Waals surface area (Å²) in [5.74, 6) is 1.35. The molecule has 0 spiro atoms. The second kappa shape index (κ2) is 4.86. The molecule has 0 amide bonds. The highest BCUT2D eigenvalue weighted by molar-refractivity contribution is 6.32. The zero-order chi connectivity index (χ0) is 10.7. The van der Waals surface area contributed by atoms with Crippen molar-refractivity contribution < 1.29 is 4.74 Å². The summed E-state index contributed by atoms with van der Waals surface area (Å²) in [7, 11) is 1.64. The molecule has 1 unspecified atom stereocenters. The third-order valence-electron chi connectivity index (χ3n) is 2.94. The Hall–Kier alpha value is -0.730. The van der Waals surface area contributed by atoms with Crippen molar-refractivity contribution in [3.05, 3.63) is 28.8 Å². The minimum atomic E-state index is 0.599. The second-order valence-corrected chi connectivity index (χ2v) is 4.34. The number of ether oxygens (including phenoxy) is 1. The Balaban J connectivity index is 2.17. The van der Waals surface area contributed by atoms with Crippen molar-refractivity contribution in [1.82, 2.24) is 5.32 Å². The van der Waals surface area contributed by atoms with Gasteiger partial charge in [0.25, 0.3) is 0 Å². The predicted molar refractivity (Wildman–Crippen MR) is 62.8 cm³/mol. The maximum absolute atomic E-state index is 6.10. The SMILES string of the molecule is COc1ccc(C2CCCNC2)cc1Cl. The van der Waals surface area contributed by atoms with Crippen LogP contribution in [0.25, 0.3) is 0 Å². The van der Waals surface area contributed by atoms with Crippen molar-refractivity contribution in [2.24, 2.45) is 0 Å². The molecule has 1 aromatic rings. The van der Waals surface area contributed by atoms with Crippen molar-refractivity contribution >= 4 is 11.6 Å². The van der Waals surface area contributed by atoms with Crippen LogP contribution in [0, 0.1) is 0 Å². The minimum Gasteiger partial charge on any atom is -0.495 e. The number of rotatable bonds is 2. The summed E-state index contributed by atoms with van der Waals surface area (Å²) in [6.07, 6.45) is 2.49. The van der Waals surface area contributed by atoms with Gasteiger partial charge in [-0.15, -0.1) is 0 Å². The normalized spacial score (nSPS) is 21.3. The molecule has 0 saturated carbocycles. The molecule has 1 saturated heterocycles. The lowest BCUT2D eigenvalue weighted by Crippen LogP contribution is -2.28. The Morgan fingerprint density at radius 3 is 2.93 bits per heavy atom. The van der Waals surface area contributed by atoms with Gasteiger partial charge in [0.15, 0.2) is 0 Å². The highest BCUT2D eigenvalue weighted by atomic mass is 35.5. The van der Waals surface area contributed by atoms with Gasteiger partial charge in [0.2, 0.25) is 0 Å². The second-order valence-electron chi connectivity index (χ2n) is 3.94. The van der Waals surface area contributed by atoms with E-state index >= 15 is 0 Å². The average molecular weight is 226 g/mol. The molecule has 82 valence electrons. The molecule has 3 heteroatoms. The first-order valence-corrected chi connectivity index (χ1v) is 5.73. The van der Waals surface area contributed by atoms with Crippen LogP contribution in [-0.2, 0) is 0 Å². The Morgan fingerprint density at radius 2 is 2.33 bits per heavy atom. The molecule has 15 heavy (non-hydrogen) atoms. The number of hydrogen-bond acceptors (Lipinski definition) is 2. The molecule has 1 aromatic carbocycles. The van der Waals surface area contributed by atoms with Crippen LogP contribution in [0.4, 0.5) is 0 Å². The van der Waals surface area contributed by atoms with Crippen molar-refractivity contribution in [1.29, 1.82) is 0 Å². The molecule has 1 aliphatic heterocycles. The smallest absolute Gasteiger partial charge is 0.137 e. The quantitative estimate of drug-likeness (QED) is 0.836. The van der Waals surface area contributed by atoms with E-state index in [-0.39, 0.29) is 0 Å². The third kappa shape index (κ3) is 2.44. The standard InChI is InChI=1S/C12H16ClNO/c1-15-12-5-4-9(7-11(12)13)10-3-2-6-14-8-10/h4-5,7,10,14H,2-3,6,8H2,1H3. The predicted octanol–water partition coefficient (Wildman–Crippen LogP) is 2.82. The van der Waals surface area contributed by atoms with Gasteiger partial charge >= 0.3 is 0 Å². The average Bonchev–Trinajstić information content (AvgIpc) is 2.30. The van der Waals surface area contributed by atoms with Crippen LogP contribution in [0.3, 0.4) is 0 Å². The van der Waals surface area contributed by atoms with Crippen LogP contribution in [0.2, 0.25) is 5.02 Å². The molecule has 1 N–H and O–H groups in total. The molecular formula is C12H16ClNO. The molecule has 1 atom stereocenters. The monoisotopic (exact) mass is 225 g/mol. The summed E-state index contributed by atoms with van der Waals surface area (Å²) >= 11 is 6.10. The molecule has 2 nitrogen and oxygen atoms in total. The van der Waals surface area contributed by atoms with Gasteiger partial charge in [-0.1, -0.05) is 17.7 Å². The fourth-order valence-corrected chi connectivity index (χ4v) is 2.34. The molecule has 0 bridgehead atoms. The highest BCUT2D eigenvalue weighted by Gasteiger charge is 2.15. The van der Waals surface area contributed by atoms with Crippen LogP contribution in [0.1, 0.15) is 24.3 Å². The van der Waals surface area contributed by atoms with Crippen LogP contribution in [0.15, 0.2) is 18.2 Å². The van der Waals surface area contributed by atoms with Crippen molar-refractivity contribution in [2.45, 2.75) is 18.8 Å². The molecular weight excluding hydrogens is 210 g/mol. The van der Waals surface area contributed by atoms with E-state index in [1.807, 2.05) is 12.1 Å². The molecule has 1 aliphatic rings. The number of benzene rings is 1.